The number of methoxy groups -OCH3 is 1. The molecule has 0 N–H and O–H groups in total. The van der Waals surface area contributed by atoms with Crippen molar-refractivity contribution in [3.8, 4) is 5.75 Å². The average Bonchev–Trinajstić information content (AvgIpc) is 2.37. The molecule has 1 nitrogen and oxygen atoms in total. The fraction of sp³-hybridized carbons (Fsp3) is 0.0667. The van der Waals surface area contributed by atoms with Crippen LogP contribution in [0.15, 0.2) is 53.0 Å². The van der Waals surface area contributed by atoms with Crippen LogP contribution in [0.1, 0.15) is 0 Å². The summed E-state index contributed by atoms with van der Waals surface area (Å²) in [7, 11) is 1.69. The summed E-state index contributed by atoms with van der Waals surface area (Å²) in [5, 5.41) is 4.96. The van der Waals surface area contributed by atoms with E-state index in [1.807, 2.05) is 0 Å². The standard InChI is InChI=1S/C15H11BrO/c1-17-15-9-13-11(8-14(15)16)7-6-10-4-2-3-5-12(10)13/h2-9H,1H3. The first kappa shape index (κ1) is 10.6. The maximum absolute atomic E-state index is 5.36. The molecule has 3 aromatic carbocycles. The van der Waals surface area contributed by atoms with Crippen LogP contribution in [0.3, 0.4) is 0 Å². The van der Waals surface area contributed by atoms with Crippen LogP contribution in [0.2, 0.25) is 0 Å². The first-order valence-corrected chi connectivity index (χ1v) is 6.24. The van der Waals surface area contributed by atoms with Gasteiger partial charge in [-0.15, -0.1) is 0 Å². The lowest BCUT2D eigenvalue weighted by atomic mass is 10.0. The Labute approximate surface area is 108 Å². The van der Waals surface area contributed by atoms with Crippen LogP contribution < -0.4 is 4.74 Å². The van der Waals surface area contributed by atoms with Crippen LogP contribution in [0.4, 0.5) is 0 Å². The zero-order valence-electron chi connectivity index (χ0n) is 9.41. The van der Waals surface area contributed by atoms with Crippen molar-refractivity contribution in [2.24, 2.45) is 0 Å². The van der Waals surface area contributed by atoms with E-state index in [0.29, 0.717) is 0 Å². The minimum absolute atomic E-state index is 0.869. The van der Waals surface area contributed by atoms with Gasteiger partial charge in [-0.1, -0.05) is 36.4 Å². The summed E-state index contributed by atoms with van der Waals surface area (Å²) in [5.41, 5.74) is 0. The molecule has 84 valence electrons. The van der Waals surface area contributed by atoms with Crippen molar-refractivity contribution in [3.63, 3.8) is 0 Å². The van der Waals surface area contributed by atoms with E-state index in [9.17, 15) is 0 Å². The Bertz CT molecular complexity index is 704. The van der Waals surface area contributed by atoms with Crippen LogP contribution in [-0.2, 0) is 0 Å². The third-order valence-corrected chi connectivity index (χ3v) is 3.64. The molecule has 3 rings (SSSR count). The minimum Gasteiger partial charge on any atom is -0.496 e. The lowest BCUT2D eigenvalue weighted by Gasteiger charge is -2.08. The van der Waals surface area contributed by atoms with Gasteiger partial charge in [0.25, 0.3) is 0 Å². The summed E-state index contributed by atoms with van der Waals surface area (Å²) in [6.07, 6.45) is 0. The van der Waals surface area contributed by atoms with Crippen molar-refractivity contribution >= 4 is 37.5 Å². The van der Waals surface area contributed by atoms with E-state index < -0.39 is 0 Å². The van der Waals surface area contributed by atoms with E-state index in [2.05, 4.69) is 64.5 Å². The molecule has 0 unspecified atom stereocenters. The van der Waals surface area contributed by atoms with Gasteiger partial charge < -0.3 is 4.74 Å². The van der Waals surface area contributed by atoms with Crippen LogP contribution in [0, 0.1) is 0 Å². The predicted molar refractivity (Wildman–Crippen MR) is 75.7 cm³/mol. The van der Waals surface area contributed by atoms with E-state index in [-0.39, 0.29) is 0 Å². The van der Waals surface area contributed by atoms with Crippen molar-refractivity contribution in [3.05, 3.63) is 53.0 Å². The smallest absolute Gasteiger partial charge is 0.133 e. The molecular formula is C15H11BrO. The summed E-state index contributed by atoms with van der Waals surface area (Å²) in [4.78, 5) is 0. The Kier molecular flexibility index (Phi) is 2.52. The van der Waals surface area contributed by atoms with E-state index >= 15 is 0 Å². The normalized spacial score (nSPS) is 10.9. The second kappa shape index (κ2) is 4.04. The number of benzene rings is 3. The fourth-order valence-corrected chi connectivity index (χ4v) is 2.69. The Hall–Kier alpha value is -1.54. The van der Waals surface area contributed by atoms with E-state index in [0.717, 1.165) is 10.2 Å². The zero-order valence-corrected chi connectivity index (χ0v) is 11.0. The SMILES string of the molecule is COc1cc2c(ccc3ccccc32)cc1Br. The molecule has 0 spiro atoms. The summed E-state index contributed by atoms with van der Waals surface area (Å²) in [5.74, 6) is 0.869. The number of rotatable bonds is 1. The number of hydrogen-bond donors (Lipinski definition) is 0. The van der Waals surface area contributed by atoms with Gasteiger partial charge in [-0.3, -0.25) is 0 Å². The number of halogens is 1. The molecule has 0 amide bonds. The average molecular weight is 287 g/mol. The third kappa shape index (κ3) is 1.69. The Balaban J connectivity index is 2.48. The number of hydrogen-bond acceptors (Lipinski definition) is 1. The summed E-state index contributed by atoms with van der Waals surface area (Å²) in [6.45, 7) is 0. The monoisotopic (exact) mass is 286 g/mol. The van der Waals surface area contributed by atoms with Crippen molar-refractivity contribution in [1.29, 1.82) is 0 Å². The third-order valence-electron chi connectivity index (χ3n) is 3.02. The van der Waals surface area contributed by atoms with Gasteiger partial charge in [0.15, 0.2) is 0 Å². The molecule has 17 heavy (non-hydrogen) atoms. The zero-order chi connectivity index (χ0) is 11.8. The molecule has 0 aliphatic carbocycles. The summed E-state index contributed by atoms with van der Waals surface area (Å²) in [6, 6.07) is 16.9. The van der Waals surface area contributed by atoms with Gasteiger partial charge in [0.2, 0.25) is 0 Å². The Morgan fingerprint density at radius 1 is 0.882 bits per heavy atom. The first-order chi connectivity index (χ1) is 8.29. The lowest BCUT2D eigenvalue weighted by Crippen LogP contribution is -1.85. The van der Waals surface area contributed by atoms with Crippen LogP contribution >= 0.6 is 15.9 Å². The highest BCUT2D eigenvalue weighted by atomic mass is 79.9. The van der Waals surface area contributed by atoms with Gasteiger partial charge in [0.05, 0.1) is 11.6 Å². The molecule has 0 bridgehead atoms. The molecule has 0 aromatic heterocycles. The number of fused-ring (bicyclic) bond motifs is 3. The predicted octanol–water partition coefficient (Wildman–Crippen LogP) is 4.76. The van der Waals surface area contributed by atoms with Gasteiger partial charge in [-0.25, -0.2) is 0 Å². The Morgan fingerprint density at radius 2 is 1.65 bits per heavy atom. The van der Waals surface area contributed by atoms with E-state index in [4.69, 9.17) is 4.74 Å². The Morgan fingerprint density at radius 3 is 2.47 bits per heavy atom. The van der Waals surface area contributed by atoms with Crippen molar-refractivity contribution in [1.82, 2.24) is 0 Å². The minimum atomic E-state index is 0.869. The molecule has 0 atom stereocenters. The van der Waals surface area contributed by atoms with Gasteiger partial charge in [0.1, 0.15) is 5.75 Å². The first-order valence-electron chi connectivity index (χ1n) is 5.44. The highest BCUT2D eigenvalue weighted by Gasteiger charge is 2.05. The molecule has 0 fully saturated rings. The molecule has 3 aromatic rings. The molecule has 2 heteroatoms. The highest BCUT2D eigenvalue weighted by molar-refractivity contribution is 9.10. The van der Waals surface area contributed by atoms with Gasteiger partial charge in [-0.2, -0.15) is 0 Å². The molecule has 0 saturated heterocycles. The summed E-state index contributed by atoms with van der Waals surface area (Å²) < 4.78 is 6.34. The van der Waals surface area contributed by atoms with E-state index in [1.165, 1.54) is 21.5 Å². The summed E-state index contributed by atoms with van der Waals surface area (Å²) >= 11 is 3.52. The van der Waals surface area contributed by atoms with Gasteiger partial charge in [-0.05, 0) is 49.6 Å². The second-order valence-corrected chi connectivity index (χ2v) is 4.85. The molecule has 0 heterocycles. The van der Waals surface area contributed by atoms with Crippen molar-refractivity contribution in [2.45, 2.75) is 0 Å². The molecule has 0 aliphatic rings. The molecule has 0 radical (unpaired) electrons. The molecule has 0 saturated carbocycles. The number of ether oxygens (including phenoxy) is 1. The second-order valence-electron chi connectivity index (χ2n) is 3.99. The quantitative estimate of drug-likeness (QED) is 0.586. The van der Waals surface area contributed by atoms with E-state index in [1.54, 1.807) is 7.11 Å². The lowest BCUT2D eigenvalue weighted by molar-refractivity contribution is 0.413. The van der Waals surface area contributed by atoms with Crippen LogP contribution in [-0.4, -0.2) is 7.11 Å². The molecule has 0 aliphatic heterocycles. The topological polar surface area (TPSA) is 9.23 Å². The van der Waals surface area contributed by atoms with Crippen molar-refractivity contribution < 1.29 is 4.74 Å². The van der Waals surface area contributed by atoms with Crippen LogP contribution in [0.25, 0.3) is 21.5 Å². The largest absolute Gasteiger partial charge is 0.496 e. The molecular weight excluding hydrogens is 276 g/mol. The maximum atomic E-state index is 5.36. The van der Waals surface area contributed by atoms with Gasteiger partial charge >= 0.3 is 0 Å². The van der Waals surface area contributed by atoms with Gasteiger partial charge in [0, 0.05) is 0 Å². The van der Waals surface area contributed by atoms with Crippen molar-refractivity contribution in [2.75, 3.05) is 7.11 Å². The van der Waals surface area contributed by atoms with Crippen LogP contribution in [0.5, 0.6) is 5.75 Å². The highest BCUT2D eigenvalue weighted by Crippen LogP contribution is 2.33. The fourth-order valence-electron chi connectivity index (χ4n) is 2.16. The maximum Gasteiger partial charge on any atom is 0.133 e.